The van der Waals surface area contributed by atoms with E-state index < -0.39 is 0 Å². The van der Waals surface area contributed by atoms with Crippen molar-refractivity contribution in [3.8, 4) is 5.75 Å². The zero-order valence-electron chi connectivity index (χ0n) is 12.6. The van der Waals surface area contributed by atoms with E-state index in [4.69, 9.17) is 4.74 Å². The van der Waals surface area contributed by atoms with Gasteiger partial charge >= 0.3 is 0 Å². The van der Waals surface area contributed by atoms with E-state index >= 15 is 0 Å². The van der Waals surface area contributed by atoms with Crippen molar-refractivity contribution in [2.75, 3.05) is 7.11 Å². The van der Waals surface area contributed by atoms with Gasteiger partial charge in [0.2, 0.25) is 0 Å². The zero-order valence-corrected chi connectivity index (χ0v) is 12.6. The molecule has 0 aromatic heterocycles. The van der Waals surface area contributed by atoms with Crippen molar-refractivity contribution in [2.24, 2.45) is 11.8 Å². The third kappa shape index (κ3) is 3.01. The molecule has 0 saturated carbocycles. The molecule has 1 atom stereocenters. The monoisotopic (exact) mass is 270 g/mol. The second-order valence-corrected chi connectivity index (χ2v) is 5.65. The summed E-state index contributed by atoms with van der Waals surface area (Å²) >= 11 is 0. The first-order valence-corrected chi connectivity index (χ1v) is 7.13. The quantitative estimate of drug-likeness (QED) is 0.767. The lowest BCUT2D eigenvalue weighted by Gasteiger charge is -2.23. The van der Waals surface area contributed by atoms with Crippen LogP contribution in [0.15, 0.2) is 41.5 Å². The second-order valence-electron chi connectivity index (χ2n) is 5.65. The fourth-order valence-electron chi connectivity index (χ4n) is 2.50. The van der Waals surface area contributed by atoms with Gasteiger partial charge < -0.3 is 4.74 Å². The van der Waals surface area contributed by atoms with E-state index in [1.807, 2.05) is 30.3 Å². The number of allylic oxidation sites excluding steroid dienone is 3. The normalized spacial score (nSPS) is 21.2. The van der Waals surface area contributed by atoms with E-state index in [2.05, 4.69) is 26.8 Å². The zero-order chi connectivity index (χ0) is 14.7. The van der Waals surface area contributed by atoms with E-state index in [9.17, 15) is 4.79 Å². The van der Waals surface area contributed by atoms with Gasteiger partial charge in [0.05, 0.1) is 7.11 Å². The number of hydrogen-bond acceptors (Lipinski definition) is 2. The topological polar surface area (TPSA) is 26.3 Å². The third-order valence-corrected chi connectivity index (χ3v) is 3.81. The third-order valence-electron chi connectivity index (χ3n) is 3.81. The number of ketones is 1. The van der Waals surface area contributed by atoms with Gasteiger partial charge in [0, 0.05) is 5.57 Å². The molecule has 0 amide bonds. The molecular formula is C18H22O2. The van der Waals surface area contributed by atoms with E-state index in [0.717, 1.165) is 28.9 Å². The lowest BCUT2D eigenvalue weighted by Crippen LogP contribution is -2.20. The van der Waals surface area contributed by atoms with Crippen molar-refractivity contribution < 1.29 is 9.53 Å². The maximum Gasteiger partial charge on any atom is 0.185 e. The molecule has 1 aromatic carbocycles. The molecule has 0 spiro atoms. The number of rotatable bonds is 3. The molecular weight excluding hydrogens is 248 g/mol. The molecule has 0 saturated heterocycles. The van der Waals surface area contributed by atoms with Crippen LogP contribution in [0.4, 0.5) is 0 Å². The van der Waals surface area contributed by atoms with E-state index in [0.29, 0.717) is 0 Å². The van der Waals surface area contributed by atoms with Gasteiger partial charge in [-0.3, -0.25) is 4.79 Å². The summed E-state index contributed by atoms with van der Waals surface area (Å²) in [5.74, 6) is 1.61. The van der Waals surface area contributed by atoms with Crippen molar-refractivity contribution in [1.82, 2.24) is 0 Å². The number of methoxy groups -OCH3 is 1. The van der Waals surface area contributed by atoms with Gasteiger partial charge in [-0.25, -0.2) is 0 Å². The molecule has 0 heterocycles. The minimum atomic E-state index is 0.203. The van der Waals surface area contributed by atoms with Crippen LogP contribution in [-0.4, -0.2) is 12.9 Å². The summed E-state index contributed by atoms with van der Waals surface area (Å²) in [5, 5.41) is 0. The number of carbonyl (C=O) groups excluding carboxylic acids is 1. The molecule has 0 radical (unpaired) electrons. The maximum atomic E-state index is 12.5. The van der Waals surface area contributed by atoms with Gasteiger partial charge in [-0.15, -0.1) is 0 Å². The molecule has 20 heavy (non-hydrogen) atoms. The molecule has 2 heteroatoms. The summed E-state index contributed by atoms with van der Waals surface area (Å²) in [6.45, 7) is 6.26. The fraction of sp³-hybridized carbons (Fsp3) is 0.389. The molecule has 0 unspecified atom stereocenters. The Morgan fingerprint density at radius 3 is 2.45 bits per heavy atom. The second kappa shape index (κ2) is 6.08. The molecule has 1 aliphatic rings. The summed E-state index contributed by atoms with van der Waals surface area (Å²) in [6, 6.07) is 7.81. The maximum absolute atomic E-state index is 12.5. The van der Waals surface area contributed by atoms with Crippen LogP contribution in [0.25, 0.3) is 6.08 Å². The standard InChI is InChI=1S/C18H22O2/c1-12(2)16-10-5-13(3)17(18(16)19)11-14-6-8-15(20-4)9-7-14/h6-13H,5H2,1-4H3/b17-11+/t13-/m0/s1. The number of carbonyl (C=O) groups is 1. The van der Waals surface area contributed by atoms with Gasteiger partial charge in [0.1, 0.15) is 5.75 Å². The van der Waals surface area contributed by atoms with Crippen LogP contribution in [0, 0.1) is 11.8 Å². The average molecular weight is 270 g/mol. The first-order chi connectivity index (χ1) is 9.52. The molecule has 0 N–H and O–H groups in total. The Kier molecular flexibility index (Phi) is 4.43. The van der Waals surface area contributed by atoms with Gasteiger partial charge in [0.15, 0.2) is 5.78 Å². The van der Waals surface area contributed by atoms with Crippen LogP contribution < -0.4 is 4.74 Å². The summed E-state index contributed by atoms with van der Waals surface area (Å²) < 4.78 is 5.15. The van der Waals surface area contributed by atoms with Crippen molar-refractivity contribution in [2.45, 2.75) is 27.2 Å². The molecule has 0 fully saturated rings. The van der Waals surface area contributed by atoms with Gasteiger partial charge in [-0.05, 0) is 47.6 Å². The number of hydrogen-bond donors (Lipinski definition) is 0. The first kappa shape index (κ1) is 14.6. The Balaban J connectivity index is 2.32. The fourth-order valence-corrected chi connectivity index (χ4v) is 2.50. The summed E-state index contributed by atoms with van der Waals surface area (Å²) in [5.41, 5.74) is 2.91. The van der Waals surface area contributed by atoms with Crippen LogP contribution in [0.3, 0.4) is 0 Å². The largest absolute Gasteiger partial charge is 0.497 e. The van der Waals surface area contributed by atoms with E-state index in [-0.39, 0.29) is 17.6 Å². The predicted molar refractivity (Wildman–Crippen MR) is 82.7 cm³/mol. The van der Waals surface area contributed by atoms with Crippen molar-refractivity contribution in [1.29, 1.82) is 0 Å². The smallest absolute Gasteiger partial charge is 0.185 e. The SMILES string of the molecule is COc1ccc(/C=C2/C(=O)C(C(C)C)=CC[C@@H]2C)cc1. The Morgan fingerprint density at radius 1 is 1.25 bits per heavy atom. The van der Waals surface area contributed by atoms with Gasteiger partial charge in [0.25, 0.3) is 0 Å². The highest BCUT2D eigenvalue weighted by atomic mass is 16.5. The summed E-state index contributed by atoms with van der Waals surface area (Å²) in [6.07, 6.45) is 5.06. The van der Waals surface area contributed by atoms with Gasteiger partial charge in [-0.2, -0.15) is 0 Å². The number of benzene rings is 1. The van der Waals surface area contributed by atoms with Crippen LogP contribution >= 0.6 is 0 Å². The van der Waals surface area contributed by atoms with Crippen LogP contribution in [0.2, 0.25) is 0 Å². The molecule has 0 aliphatic heterocycles. The van der Waals surface area contributed by atoms with E-state index in [1.54, 1.807) is 7.11 Å². The summed E-state index contributed by atoms with van der Waals surface area (Å²) in [4.78, 5) is 12.5. The van der Waals surface area contributed by atoms with Crippen LogP contribution in [0.5, 0.6) is 5.75 Å². The Bertz CT molecular complexity index is 547. The Labute approximate surface area is 121 Å². The summed E-state index contributed by atoms with van der Waals surface area (Å²) in [7, 11) is 1.65. The van der Waals surface area contributed by atoms with Crippen molar-refractivity contribution in [3.05, 3.63) is 47.1 Å². The van der Waals surface area contributed by atoms with Crippen molar-refractivity contribution in [3.63, 3.8) is 0 Å². The predicted octanol–water partition coefficient (Wildman–Crippen LogP) is 4.27. The molecule has 2 nitrogen and oxygen atoms in total. The van der Waals surface area contributed by atoms with Crippen LogP contribution in [-0.2, 0) is 4.79 Å². The lowest BCUT2D eigenvalue weighted by atomic mass is 9.80. The Morgan fingerprint density at radius 2 is 1.90 bits per heavy atom. The minimum Gasteiger partial charge on any atom is -0.497 e. The number of Topliss-reactive ketones (excluding diaryl/α,β-unsaturated/α-hetero) is 1. The van der Waals surface area contributed by atoms with Crippen molar-refractivity contribution >= 4 is 11.9 Å². The molecule has 0 bridgehead atoms. The van der Waals surface area contributed by atoms with Crippen LogP contribution in [0.1, 0.15) is 32.8 Å². The molecule has 1 aliphatic carbocycles. The number of ether oxygens (including phenoxy) is 1. The minimum absolute atomic E-state index is 0.203. The molecule has 1 aromatic rings. The van der Waals surface area contributed by atoms with E-state index in [1.165, 1.54) is 0 Å². The average Bonchev–Trinajstić information content (AvgIpc) is 2.43. The highest BCUT2D eigenvalue weighted by Crippen LogP contribution is 2.31. The molecule has 2 rings (SSSR count). The highest BCUT2D eigenvalue weighted by molar-refractivity contribution is 6.12. The lowest BCUT2D eigenvalue weighted by molar-refractivity contribution is -0.113. The first-order valence-electron chi connectivity index (χ1n) is 7.13. The van der Waals surface area contributed by atoms with Gasteiger partial charge in [-0.1, -0.05) is 39.0 Å². The Hall–Kier alpha value is -1.83. The highest BCUT2D eigenvalue weighted by Gasteiger charge is 2.26. The molecule has 106 valence electrons.